The highest BCUT2D eigenvalue weighted by Crippen LogP contribution is 2.31. The van der Waals surface area contributed by atoms with Crippen LogP contribution in [0.25, 0.3) is 0 Å². The Bertz CT molecular complexity index is 489. The molecule has 2 rings (SSSR count). The molecule has 0 amide bonds. The number of methoxy groups -OCH3 is 2. The number of hydrogen-bond acceptors (Lipinski definition) is 2. The molecule has 0 aliphatic carbocycles. The van der Waals surface area contributed by atoms with Crippen LogP contribution in [0.1, 0.15) is 24.0 Å². The third-order valence-corrected chi connectivity index (χ3v) is 3.69. The first-order valence-corrected chi connectivity index (χ1v) is 7.00. The highest BCUT2D eigenvalue weighted by Gasteiger charge is 2.31. The van der Waals surface area contributed by atoms with Crippen LogP contribution >= 0.6 is 0 Å². The van der Waals surface area contributed by atoms with E-state index in [0.717, 1.165) is 24.8 Å². The fraction of sp³-hybridized carbons (Fsp3) is 0.333. The van der Waals surface area contributed by atoms with E-state index in [1.54, 1.807) is 14.2 Å². The van der Waals surface area contributed by atoms with Crippen molar-refractivity contribution in [3.63, 3.8) is 0 Å². The van der Waals surface area contributed by atoms with E-state index in [0.29, 0.717) is 0 Å². The minimum atomic E-state index is -0.643. The second-order valence-electron chi connectivity index (χ2n) is 4.87. The molecule has 0 atom stereocenters. The zero-order chi connectivity index (χ0) is 14.3. The maximum atomic E-state index is 5.69. The standard InChI is InChI=1S/C18H22O2/c1-19-18(20-2,17-13-7-4-8-14-17)15-9-12-16-10-5-3-6-11-16/h3-8,10-11,13-14H,9,12,15H2,1-2H3. The maximum Gasteiger partial charge on any atom is 0.194 e. The molecule has 0 bridgehead atoms. The van der Waals surface area contributed by atoms with Gasteiger partial charge in [-0.2, -0.15) is 0 Å². The molecule has 0 radical (unpaired) electrons. The van der Waals surface area contributed by atoms with E-state index in [1.165, 1.54) is 5.56 Å². The van der Waals surface area contributed by atoms with Crippen LogP contribution in [-0.4, -0.2) is 14.2 Å². The molecule has 0 saturated carbocycles. The largest absolute Gasteiger partial charge is 0.349 e. The van der Waals surface area contributed by atoms with Gasteiger partial charge in [-0.15, -0.1) is 0 Å². The third kappa shape index (κ3) is 3.47. The molecule has 0 aliphatic rings. The Hall–Kier alpha value is -1.64. The molecule has 0 aliphatic heterocycles. The Kier molecular flexibility index (Phi) is 5.33. The van der Waals surface area contributed by atoms with Gasteiger partial charge >= 0.3 is 0 Å². The highest BCUT2D eigenvalue weighted by molar-refractivity contribution is 5.21. The smallest absolute Gasteiger partial charge is 0.194 e. The van der Waals surface area contributed by atoms with Gasteiger partial charge in [0.2, 0.25) is 0 Å². The number of aryl methyl sites for hydroxylation is 1. The summed E-state index contributed by atoms with van der Waals surface area (Å²) in [6.07, 6.45) is 2.88. The van der Waals surface area contributed by atoms with Crippen molar-refractivity contribution in [1.82, 2.24) is 0 Å². The molecule has 0 heterocycles. The van der Waals surface area contributed by atoms with Crippen molar-refractivity contribution in [2.24, 2.45) is 0 Å². The van der Waals surface area contributed by atoms with Crippen LogP contribution in [0.5, 0.6) is 0 Å². The van der Waals surface area contributed by atoms with Crippen molar-refractivity contribution in [3.05, 3.63) is 71.8 Å². The summed E-state index contributed by atoms with van der Waals surface area (Å²) in [7, 11) is 3.41. The summed E-state index contributed by atoms with van der Waals surface area (Å²) in [4.78, 5) is 0. The van der Waals surface area contributed by atoms with E-state index in [-0.39, 0.29) is 0 Å². The molecule has 2 heteroatoms. The first-order valence-electron chi connectivity index (χ1n) is 7.00. The fourth-order valence-corrected chi connectivity index (χ4v) is 2.53. The summed E-state index contributed by atoms with van der Waals surface area (Å²) in [5, 5.41) is 0. The molecule has 20 heavy (non-hydrogen) atoms. The Balaban J connectivity index is 2.03. The lowest BCUT2D eigenvalue weighted by Crippen LogP contribution is -2.30. The Morgan fingerprint density at radius 2 is 1.35 bits per heavy atom. The van der Waals surface area contributed by atoms with Crippen molar-refractivity contribution >= 4 is 0 Å². The van der Waals surface area contributed by atoms with Gasteiger partial charge in [-0.3, -0.25) is 0 Å². The van der Waals surface area contributed by atoms with Crippen LogP contribution in [0.2, 0.25) is 0 Å². The molecule has 0 saturated heterocycles. The summed E-state index contributed by atoms with van der Waals surface area (Å²) in [6, 6.07) is 20.6. The lowest BCUT2D eigenvalue weighted by atomic mass is 9.97. The topological polar surface area (TPSA) is 18.5 Å². The van der Waals surface area contributed by atoms with E-state index < -0.39 is 5.79 Å². The third-order valence-electron chi connectivity index (χ3n) is 3.69. The molecular formula is C18H22O2. The molecule has 0 spiro atoms. The zero-order valence-corrected chi connectivity index (χ0v) is 12.2. The summed E-state index contributed by atoms with van der Waals surface area (Å²) >= 11 is 0. The number of benzene rings is 2. The lowest BCUT2D eigenvalue weighted by molar-refractivity contribution is -0.220. The van der Waals surface area contributed by atoms with Crippen molar-refractivity contribution < 1.29 is 9.47 Å². The number of rotatable bonds is 7. The van der Waals surface area contributed by atoms with Crippen molar-refractivity contribution in [2.45, 2.75) is 25.0 Å². The van der Waals surface area contributed by atoms with Crippen LogP contribution in [0.4, 0.5) is 0 Å². The Morgan fingerprint density at radius 3 is 1.90 bits per heavy atom. The zero-order valence-electron chi connectivity index (χ0n) is 12.2. The average Bonchev–Trinajstić information content (AvgIpc) is 2.54. The van der Waals surface area contributed by atoms with E-state index in [9.17, 15) is 0 Å². The van der Waals surface area contributed by atoms with E-state index in [4.69, 9.17) is 9.47 Å². The predicted molar refractivity (Wildman–Crippen MR) is 81.5 cm³/mol. The monoisotopic (exact) mass is 270 g/mol. The van der Waals surface area contributed by atoms with Gasteiger partial charge in [0.15, 0.2) is 5.79 Å². The lowest BCUT2D eigenvalue weighted by Gasteiger charge is -2.31. The summed E-state index contributed by atoms with van der Waals surface area (Å²) in [5.41, 5.74) is 2.42. The van der Waals surface area contributed by atoms with Gasteiger partial charge in [0.25, 0.3) is 0 Å². The van der Waals surface area contributed by atoms with Crippen LogP contribution in [0.15, 0.2) is 60.7 Å². The van der Waals surface area contributed by atoms with E-state index >= 15 is 0 Å². The summed E-state index contributed by atoms with van der Waals surface area (Å²) in [5.74, 6) is -0.643. The van der Waals surface area contributed by atoms with Crippen LogP contribution in [0.3, 0.4) is 0 Å². The second-order valence-corrected chi connectivity index (χ2v) is 4.87. The van der Waals surface area contributed by atoms with E-state index in [2.05, 4.69) is 36.4 Å². The fourth-order valence-electron chi connectivity index (χ4n) is 2.53. The Morgan fingerprint density at radius 1 is 0.800 bits per heavy atom. The highest BCUT2D eigenvalue weighted by atomic mass is 16.7. The van der Waals surface area contributed by atoms with Gasteiger partial charge in [0.05, 0.1) is 0 Å². The molecule has 2 aromatic carbocycles. The van der Waals surface area contributed by atoms with Crippen molar-refractivity contribution in [1.29, 1.82) is 0 Å². The van der Waals surface area contributed by atoms with E-state index in [1.807, 2.05) is 24.3 Å². The van der Waals surface area contributed by atoms with Gasteiger partial charge in [-0.1, -0.05) is 60.7 Å². The molecule has 106 valence electrons. The Labute approximate surface area is 121 Å². The number of hydrogen-bond donors (Lipinski definition) is 0. The maximum absolute atomic E-state index is 5.69. The van der Waals surface area contributed by atoms with Gasteiger partial charge in [0.1, 0.15) is 0 Å². The quantitative estimate of drug-likeness (QED) is 0.703. The SMILES string of the molecule is COC(CCCc1ccccc1)(OC)c1ccccc1. The first-order chi connectivity index (χ1) is 9.80. The van der Waals surface area contributed by atoms with Crippen molar-refractivity contribution in [2.75, 3.05) is 14.2 Å². The first kappa shape index (κ1) is 14.8. The van der Waals surface area contributed by atoms with Gasteiger partial charge in [-0.05, 0) is 18.4 Å². The summed E-state index contributed by atoms with van der Waals surface area (Å²) in [6.45, 7) is 0. The molecule has 2 aromatic rings. The van der Waals surface area contributed by atoms with Crippen LogP contribution in [0, 0.1) is 0 Å². The minimum Gasteiger partial charge on any atom is -0.349 e. The molecule has 0 unspecified atom stereocenters. The molecule has 0 aromatic heterocycles. The molecule has 0 fully saturated rings. The van der Waals surface area contributed by atoms with Crippen LogP contribution < -0.4 is 0 Å². The molecule has 2 nitrogen and oxygen atoms in total. The van der Waals surface area contributed by atoms with Gasteiger partial charge < -0.3 is 9.47 Å². The van der Waals surface area contributed by atoms with Gasteiger partial charge in [-0.25, -0.2) is 0 Å². The predicted octanol–water partition coefficient (Wildman–Crippen LogP) is 4.16. The second kappa shape index (κ2) is 7.22. The van der Waals surface area contributed by atoms with Crippen molar-refractivity contribution in [3.8, 4) is 0 Å². The van der Waals surface area contributed by atoms with Gasteiger partial charge in [0, 0.05) is 26.2 Å². The number of ether oxygens (including phenoxy) is 2. The average molecular weight is 270 g/mol. The molecule has 0 N–H and O–H groups in total. The summed E-state index contributed by atoms with van der Waals surface area (Å²) < 4.78 is 11.4. The normalized spacial score (nSPS) is 11.5. The molecular weight excluding hydrogens is 248 g/mol. The van der Waals surface area contributed by atoms with Crippen LogP contribution in [-0.2, 0) is 21.7 Å². The minimum absolute atomic E-state index is 0.643.